The van der Waals surface area contributed by atoms with Crippen molar-refractivity contribution in [1.29, 1.82) is 0 Å². The molecule has 2 amide bonds. The zero-order valence-electron chi connectivity index (χ0n) is 16.3. The Labute approximate surface area is 191 Å². The van der Waals surface area contributed by atoms with Crippen LogP contribution in [0.25, 0.3) is 0 Å². The van der Waals surface area contributed by atoms with E-state index in [-0.39, 0.29) is 24.1 Å². The minimum atomic E-state index is -0.174. The van der Waals surface area contributed by atoms with Gasteiger partial charge < -0.3 is 15.2 Å². The summed E-state index contributed by atoms with van der Waals surface area (Å²) in [5.41, 5.74) is 2.18. The first-order chi connectivity index (χ1) is 14.3. The lowest BCUT2D eigenvalue weighted by Crippen LogP contribution is -2.25. The molecule has 7 nitrogen and oxygen atoms in total. The molecular weight excluding hydrogens is 490 g/mol. The zero-order valence-corrected chi connectivity index (χ0v) is 19.4. The van der Waals surface area contributed by atoms with Gasteiger partial charge in [-0.3, -0.25) is 9.59 Å². The maximum Gasteiger partial charge on any atom is 0.251 e. The molecule has 0 aliphatic rings. The first-order valence-electron chi connectivity index (χ1n) is 8.95. The van der Waals surface area contributed by atoms with Crippen molar-refractivity contribution in [3.8, 4) is 0 Å². The summed E-state index contributed by atoms with van der Waals surface area (Å²) in [7, 11) is 1.80. The SMILES string of the molecule is Cc1ccccc1C(=O)NCc1nnc(SCC(=O)Nc2ccc(Cl)c(Br)c2)n1C. The largest absolute Gasteiger partial charge is 0.345 e. The minimum absolute atomic E-state index is 0.168. The number of nitrogens with one attached hydrogen (secondary N) is 2. The van der Waals surface area contributed by atoms with E-state index >= 15 is 0 Å². The first kappa shape index (κ1) is 22.3. The number of carbonyl (C=O) groups excluding carboxylic acids is 2. The van der Waals surface area contributed by atoms with Crippen molar-refractivity contribution < 1.29 is 9.59 Å². The first-order valence-corrected chi connectivity index (χ1v) is 11.1. The number of rotatable bonds is 7. The molecule has 156 valence electrons. The van der Waals surface area contributed by atoms with E-state index in [0.717, 1.165) is 5.56 Å². The van der Waals surface area contributed by atoms with E-state index in [1.807, 2.05) is 25.1 Å². The molecule has 2 aromatic carbocycles. The van der Waals surface area contributed by atoms with Gasteiger partial charge in [0.05, 0.1) is 17.3 Å². The van der Waals surface area contributed by atoms with Crippen LogP contribution in [0.3, 0.4) is 0 Å². The van der Waals surface area contributed by atoms with E-state index in [4.69, 9.17) is 11.6 Å². The summed E-state index contributed by atoms with van der Waals surface area (Å²) < 4.78 is 2.47. The number of hydrogen-bond donors (Lipinski definition) is 2. The highest BCUT2D eigenvalue weighted by molar-refractivity contribution is 9.10. The molecule has 0 aliphatic carbocycles. The van der Waals surface area contributed by atoms with Crippen LogP contribution in [-0.2, 0) is 18.4 Å². The van der Waals surface area contributed by atoms with E-state index in [1.54, 1.807) is 35.9 Å². The summed E-state index contributed by atoms with van der Waals surface area (Å²) in [5.74, 6) is 0.425. The lowest BCUT2D eigenvalue weighted by Gasteiger charge is -2.08. The normalized spacial score (nSPS) is 10.7. The Balaban J connectivity index is 1.53. The van der Waals surface area contributed by atoms with Crippen LogP contribution in [0.5, 0.6) is 0 Å². The molecule has 1 aromatic heterocycles. The van der Waals surface area contributed by atoms with Gasteiger partial charge in [0.25, 0.3) is 5.91 Å². The monoisotopic (exact) mass is 507 g/mol. The number of carbonyl (C=O) groups is 2. The fourth-order valence-corrected chi connectivity index (χ4v) is 3.83. The van der Waals surface area contributed by atoms with Crippen LogP contribution < -0.4 is 10.6 Å². The standard InChI is InChI=1S/C20H19BrClN5O2S/c1-12-5-3-4-6-14(12)19(29)23-10-17-25-26-20(27(17)2)30-11-18(28)24-13-7-8-16(22)15(21)9-13/h3-9H,10-11H2,1-2H3,(H,23,29)(H,24,28). The molecule has 0 unspecified atom stereocenters. The van der Waals surface area contributed by atoms with Crippen LogP contribution >= 0.6 is 39.3 Å². The molecule has 0 saturated carbocycles. The van der Waals surface area contributed by atoms with Gasteiger partial charge in [0.15, 0.2) is 11.0 Å². The Morgan fingerprint density at radius 3 is 2.70 bits per heavy atom. The number of nitrogens with zero attached hydrogens (tertiary/aromatic N) is 3. The second-order valence-electron chi connectivity index (χ2n) is 6.42. The van der Waals surface area contributed by atoms with Gasteiger partial charge in [0.2, 0.25) is 5.91 Å². The van der Waals surface area contributed by atoms with Crippen molar-refractivity contribution in [2.75, 3.05) is 11.1 Å². The van der Waals surface area contributed by atoms with Crippen LogP contribution in [0.4, 0.5) is 5.69 Å². The van der Waals surface area contributed by atoms with Crippen LogP contribution in [0, 0.1) is 6.92 Å². The third-order valence-corrected chi connectivity index (χ3v) is 6.49. The maximum atomic E-state index is 12.4. The molecule has 0 atom stereocenters. The summed E-state index contributed by atoms with van der Waals surface area (Å²) in [6.45, 7) is 2.13. The molecular formula is C20H19BrClN5O2S. The third kappa shape index (κ3) is 5.62. The number of aromatic nitrogens is 3. The molecule has 0 spiro atoms. The van der Waals surface area contributed by atoms with Gasteiger partial charge in [-0.15, -0.1) is 10.2 Å². The second-order valence-corrected chi connectivity index (χ2v) is 8.63. The Kier molecular flexibility index (Phi) is 7.52. The number of benzene rings is 2. The Morgan fingerprint density at radius 1 is 1.20 bits per heavy atom. The van der Waals surface area contributed by atoms with Crippen molar-refractivity contribution in [3.63, 3.8) is 0 Å². The second kappa shape index (κ2) is 10.1. The predicted molar refractivity (Wildman–Crippen MR) is 122 cm³/mol. The van der Waals surface area contributed by atoms with Crippen LogP contribution in [0.15, 0.2) is 52.1 Å². The molecule has 2 N–H and O–H groups in total. The number of anilines is 1. The smallest absolute Gasteiger partial charge is 0.251 e. The molecule has 0 radical (unpaired) electrons. The molecule has 0 saturated heterocycles. The quantitative estimate of drug-likeness (QED) is 0.467. The number of hydrogen-bond acceptors (Lipinski definition) is 5. The van der Waals surface area contributed by atoms with Crippen LogP contribution in [-0.4, -0.2) is 32.3 Å². The summed E-state index contributed by atoms with van der Waals surface area (Å²) in [4.78, 5) is 24.6. The van der Waals surface area contributed by atoms with Crippen molar-refractivity contribution >= 4 is 56.8 Å². The lowest BCUT2D eigenvalue weighted by atomic mass is 10.1. The lowest BCUT2D eigenvalue weighted by molar-refractivity contribution is -0.113. The van der Waals surface area contributed by atoms with Crippen molar-refractivity contribution in [2.45, 2.75) is 18.6 Å². The van der Waals surface area contributed by atoms with Gasteiger partial charge in [0.1, 0.15) is 0 Å². The van der Waals surface area contributed by atoms with Gasteiger partial charge in [-0.2, -0.15) is 0 Å². The van der Waals surface area contributed by atoms with E-state index in [2.05, 4.69) is 36.8 Å². The Bertz CT molecular complexity index is 1090. The van der Waals surface area contributed by atoms with Gasteiger partial charge in [0, 0.05) is 22.8 Å². The topological polar surface area (TPSA) is 88.9 Å². The van der Waals surface area contributed by atoms with Gasteiger partial charge in [-0.25, -0.2) is 0 Å². The fraction of sp³-hybridized carbons (Fsp3) is 0.200. The number of halogens is 2. The van der Waals surface area contributed by atoms with Crippen molar-refractivity contribution in [1.82, 2.24) is 20.1 Å². The molecule has 10 heteroatoms. The van der Waals surface area contributed by atoms with Gasteiger partial charge in [-0.1, -0.05) is 41.6 Å². The van der Waals surface area contributed by atoms with Gasteiger partial charge >= 0.3 is 0 Å². The molecule has 1 heterocycles. The highest BCUT2D eigenvalue weighted by Crippen LogP contribution is 2.26. The molecule has 0 aliphatic heterocycles. The molecule has 0 bridgehead atoms. The van der Waals surface area contributed by atoms with E-state index in [9.17, 15) is 9.59 Å². The van der Waals surface area contributed by atoms with Crippen molar-refractivity contribution in [2.24, 2.45) is 7.05 Å². The molecule has 30 heavy (non-hydrogen) atoms. The minimum Gasteiger partial charge on any atom is -0.345 e. The van der Waals surface area contributed by atoms with Gasteiger partial charge in [-0.05, 0) is 52.7 Å². The Morgan fingerprint density at radius 2 is 1.97 bits per heavy atom. The summed E-state index contributed by atoms with van der Waals surface area (Å²) in [6, 6.07) is 12.6. The number of thioether (sulfide) groups is 1. The molecule has 3 rings (SSSR count). The average molecular weight is 509 g/mol. The van der Waals surface area contributed by atoms with E-state index < -0.39 is 0 Å². The van der Waals surface area contributed by atoms with E-state index in [1.165, 1.54) is 11.8 Å². The highest BCUT2D eigenvalue weighted by Gasteiger charge is 2.14. The summed E-state index contributed by atoms with van der Waals surface area (Å²) >= 11 is 10.5. The Hall–Kier alpha value is -2.36. The van der Waals surface area contributed by atoms with Crippen LogP contribution in [0.1, 0.15) is 21.7 Å². The average Bonchev–Trinajstić information content (AvgIpc) is 3.07. The fourth-order valence-electron chi connectivity index (χ4n) is 2.61. The zero-order chi connectivity index (χ0) is 21.7. The number of aryl methyl sites for hydroxylation is 1. The maximum absolute atomic E-state index is 12.4. The molecule has 0 fully saturated rings. The highest BCUT2D eigenvalue weighted by atomic mass is 79.9. The summed E-state index contributed by atoms with van der Waals surface area (Å²) in [5, 5.41) is 15.0. The number of amides is 2. The predicted octanol–water partition coefficient (Wildman–Crippen LogP) is 4.20. The van der Waals surface area contributed by atoms with Crippen LogP contribution in [0.2, 0.25) is 5.02 Å². The van der Waals surface area contributed by atoms with Crippen molar-refractivity contribution in [3.05, 3.63) is 68.9 Å². The third-order valence-electron chi connectivity index (χ3n) is 4.26. The summed E-state index contributed by atoms with van der Waals surface area (Å²) in [6.07, 6.45) is 0. The van der Waals surface area contributed by atoms with E-state index in [0.29, 0.717) is 31.7 Å². The molecule has 3 aromatic rings.